The Morgan fingerprint density at radius 2 is 1.96 bits per heavy atom. The topological polar surface area (TPSA) is 77.3 Å². The summed E-state index contributed by atoms with van der Waals surface area (Å²) in [6, 6.07) is 2.05. The Bertz CT molecular complexity index is 897. The van der Waals surface area contributed by atoms with Crippen LogP contribution >= 0.6 is 0 Å². The van der Waals surface area contributed by atoms with Crippen molar-refractivity contribution in [2.24, 2.45) is 30.5 Å². The predicted octanol–water partition coefficient (Wildman–Crippen LogP) is 1.55. The largest absolute Gasteiger partial charge is 0.354 e. The Morgan fingerprint density at radius 1 is 1.16 bits per heavy atom. The van der Waals surface area contributed by atoms with Crippen molar-refractivity contribution in [1.29, 1.82) is 0 Å². The third-order valence-corrected chi connectivity index (χ3v) is 5.97. The molecular formula is C18H23N7. The molecule has 1 saturated carbocycles. The van der Waals surface area contributed by atoms with E-state index in [9.17, 15) is 0 Å². The van der Waals surface area contributed by atoms with Gasteiger partial charge in [-0.25, -0.2) is 9.50 Å². The summed E-state index contributed by atoms with van der Waals surface area (Å²) in [6.07, 6.45) is 10.3. The highest BCUT2D eigenvalue weighted by molar-refractivity contribution is 5.72. The highest BCUT2D eigenvalue weighted by Gasteiger charge is 2.41. The summed E-state index contributed by atoms with van der Waals surface area (Å²) in [6.45, 7) is 2.90. The quantitative estimate of drug-likeness (QED) is 0.785. The molecule has 3 aromatic rings. The van der Waals surface area contributed by atoms with Crippen LogP contribution in [0, 0.1) is 17.8 Å². The molecule has 7 heteroatoms. The van der Waals surface area contributed by atoms with E-state index in [2.05, 4.69) is 15.1 Å². The summed E-state index contributed by atoms with van der Waals surface area (Å²) in [5.41, 5.74) is 9.02. The first-order chi connectivity index (χ1) is 12.2. The van der Waals surface area contributed by atoms with Crippen molar-refractivity contribution in [3.63, 3.8) is 0 Å². The molecule has 2 bridgehead atoms. The molecule has 0 radical (unpaired) electrons. The lowest BCUT2D eigenvalue weighted by molar-refractivity contribution is 0.278. The molecule has 2 N–H and O–H groups in total. The van der Waals surface area contributed by atoms with Crippen LogP contribution in [-0.4, -0.2) is 44.0 Å². The third kappa shape index (κ3) is 2.33. The van der Waals surface area contributed by atoms with Gasteiger partial charge in [0, 0.05) is 31.9 Å². The Hall–Kier alpha value is -2.41. The number of anilines is 1. The van der Waals surface area contributed by atoms with Gasteiger partial charge in [0.1, 0.15) is 5.52 Å². The van der Waals surface area contributed by atoms with Gasteiger partial charge in [-0.1, -0.05) is 0 Å². The van der Waals surface area contributed by atoms with E-state index in [1.54, 1.807) is 4.68 Å². The van der Waals surface area contributed by atoms with E-state index in [1.165, 1.54) is 12.8 Å². The minimum Gasteiger partial charge on any atom is -0.354 e. The van der Waals surface area contributed by atoms with Crippen molar-refractivity contribution in [3.8, 4) is 11.3 Å². The fraction of sp³-hybridized carbons (Fsp3) is 0.500. The van der Waals surface area contributed by atoms with Crippen molar-refractivity contribution in [1.82, 2.24) is 24.4 Å². The first-order valence-corrected chi connectivity index (χ1v) is 9.01. The minimum atomic E-state index is 0.679. The number of hydrogen-bond donors (Lipinski definition) is 1. The molecule has 0 aromatic carbocycles. The highest BCUT2D eigenvalue weighted by atomic mass is 15.3. The molecule has 0 spiro atoms. The molecule has 0 amide bonds. The molecule has 5 rings (SSSR count). The first kappa shape index (κ1) is 14.9. The molecule has 130 valence electrons. The molecule has 1 saturated heterocycles. The van der Waals surface area contributed by atoms with E-state index >= 15 is 0 Å². The molecule has 7 nitrogen and oxygen atoms in total. The van der Waals surface area contributed by atoms with Crippen LogP contribution in [0.1, 0.15) is 12.8 Å². The number of fused-ring (bicyclic) bond motifs is 3. The van der Waals surface area contributed by atoms with Crippen molar-refractivity contribution in [3.05, 3.63) is 30.9 Å². The molecule has 1 aliphatic carbocycles. The molecule has 4 heterocycles. The van der Waals surface area contributed by atoms with Crippen LogP contribution in [0.4, 0.5) is 5.82 Å². The third-order valence-electron chi connectivity index (χ3n) is 5.97. The molecule has 3 aromatic heterocycles. The van der Waals surface area contributed by atoms with Gasteiger partial charge in [0.2, 0.25) is 0 Å². The van der Waals surface area contributed by atoms with Gasteiger partial charge >= 0.3 is 0 Å². The monoisotopic (exact) mass is 337 g/mol. The molecule has 1 aliphatic heterocycles. The molecule has 2 aliphatic rings. The zero-order valence-electron chi connectivity index (χ0n) is 14.4. The van der Waals surface area contributed by atoms with Crippen LogP contribution in [0.15, 0.2) is 30.9 Å². The second-order valence-corrected chi connectivity index (χ2v) is 7.42. The van der Waals surface area contributed by atoms with Gasteiger partial charge < -0.3 is 10.6 Å². The summed E-state index contributed by atoms with van der Waals surface area (Å²) in [5, 5.41) is 8.73. The zero-order chi connectivity index (χ0) is 17.0. The van der Waals surface area contributed by atoms with E-state index < -0.39 is 0 Å². The van der Waals surface area contributed by atoms with Crippen LogP contribution in [-0.2, 0) is 7.05 Å². The number of rotatable bonds is 3. The number of hydrogen-bond acceptors (Lipinski definition) is 5. The van der Waals surface area contributed by atoms with Gasteiger partial charge in [-0.15, -0.1) is 0 Å². The van der Waals surface area contributed by atoms with E-state index in [-0.39, 0.29) is 0 Å². The number of piperidine rings is 1. The fourth-order valence-electron chi connectivity index (χ4n) is 4.73. The summed E-state index contributed by atoms with van der Waals surface area (Å²) >= 11 is 0. The Balaban J connectivity index is 1.58. The maximum atomic E-state index is 6.03. The van der Waals surface area contributed by atoms with Gasteiger partial charge in [-0.3, -0.25) is 4.68 Å². The molecular weight excluding hydrogens is 314 g/mol. The van der Waals surface area contributed by atoms with E-state index in [4.69, 9.17) is 10.7 Å². The fourth-order valence-corrected chi connectivity index (χ4v) is 4.73. The molecule has 2 unspecified atom stereocenters. The van der Waals surface area contributed by atoms with Gasteiger partial charge in [-0.2, -0.15) is 10.2 Å². The van der Waals surface area contributed by atoms with Crippen molar-refractivity contribution in [2.75, 3.05) is 24.5 Å². The van der Waals surface area contributed by atoms with Crippen LogP contribution in [0.2, 0.25) is 0 Å². The number of nitrogens with zero attached hydrogens (tertiary/aromatic N) is 6. The maximum absolute atomic E-state index is 6.03. The van der Waals surface area contributed by atoms with Crippen molar-refractivity contribution in [2.45, 2.75) is 12.8 Å². The van der Waals surface area contributed by atoms with Crippen LogP contribution in [0.3, 0.4) is 0 Å². The lowest BCUT2D eigenvalue weighted by Gasteiger charge is -2.38. The molecule has 2 fully saturated rings. The zero-order valence-corrected chi connectivity index (χ0v) is 14.4. The summed E-state index contributed by atoms with van der Waals surface area (Å²) in [5.74, 6) is 3.09. The molecule has 2 atom stereocenters. The number of aryl methyl sites for hydroxylation is 1. The van der Waals surface area contributed by atoms with Gasteiger partial charge in [0.15, 0.2) is 5.82 Å². The van der Waals surface area contributed by atoms with Gasteiger partial charge in [-0.05, 0) is 43.2 Å². The normalized spacial score (nSPS) is 25.8. The Labute approximate surface area is 146 Å². The average Bonchev–Trinajstić information content (AvgIpc) is 3.31. The standard InChI is InChI=1S/C18H23N7/c1-23-8-14(7-21-23)16-11-25-17(4-5-20-25)18(22-16)24-9-12-2-3-13(10-24)15(12)6-19/h4-5,7-8,11-13,15H,2-3,6,9-10,19H2,1H3. The van der Waals surface area contributed by atoms with E-state index in [1.807, 2.05) is 42.4 Å². The van der Waals surface area contributed by atoms with E-state index in [0.29, 0.717) is 17.8 Å². The van der Waals surface area contributed by atoms with Crippen molar-refractivity contribution >= 4 is 11.3 Å². The smallest absolute Gasteiger partial charge is 0.155 e. The number of nitrogens with two attached hydrogens (primary N) is 1. The van der Waals surface area contributed by atoms with Gasteiger partial charge in [0.25, 0.3) is 0 Å². The Kier molecular flexibility index (Phi) is 3.31. The highest BCUT2D eigenvalue weighted by Crippen LogP contribution is 2.43. The number of aromatic nitrogens is 5. The van der Waals surface area contributed by atoms with Crippen LogP contribution in [0.5, 0.6) is 0 Å². The van der Waals surface area contributed by atoms with Crippen molar-refractivity contribution < 1.29 is 0 Å². The first-order valence-electron chi connectivity index (χ1n) is 9.01. The SMILES string of the molecule is Cn1cc(-c2cn3nccc3c(N3CC4CCC(C3)C4CN)n2)cn1. The summed E-state index contributed by atoms with van der Waals surface area (Å²) in [7, 11) is 1.92. The summed E-state index contributed by atoms with van der Waals surface area (Å²) < 4.78 is 3.73. The average molecular weight is 337 g/mol. The lowest BCUT2D eigenvalue weighted by atomic mass is 9.85. The van der Waals surface area contributed by atoms with Crippen LogP contribution < -0.4 is 10.6 Å². The minimum absolute atomic E-state index is 0.679. The van der Waals surface area contributed by atoms with Crippen LogP contribution in [0.25, 0.3) is 16.8 Å². The molecule has 25 heavy (non-hydrogen) atoms. The van der Waals surface area contributed by atoms with E-state index in [0.717, 1.165) is 42.2 Å². The predicted molar refractivity (Wildman–Crippen MR) is 96.2 cm³/mol. The second-order valence-electron chi connectivity index (χ2n) is 7.42. The second kappa shape index (κ2) is 5.56. The van der Waals surface area contributed by atoms with Gasteiger partial charge in [0.05, 0.1) is 24.3 Å². The Morgan fingerprint density at radius 3 is 2.64 bits per heavy atom. The summed E-state index contributed by atoms with van der Waals surface area (Å²) in [4.78, 5) is 7.46. The lowest BCUT2D eigenvalue weighted by Crippen LogP contribution is -2.45. The maximum Gasteiger partial charge on any atom is 0.155 e.